The van der Waals surface area contributed by atoms with E-state index in [0.29, 0.717) is 6.04 Å². The monoisotopic (exact) mass is 205 g/mol. The van der Waals surface area contributed by atoms with Crippen LogP contribution in [-0.2, 0) is 0 Å². The number of hydrogen-bond acceptors (Lipinski definition) is 3. The number of anilines is 1. The molecular weight excluding hydrogens is 186 g/mol. The van der Waals surface area contributed by atoms with E-state index in [9.17, 15) is 0 Å². The summed E-state index contributed by atoms with van der Waals surface area (Å²) in [4.78, 5) is 6.70. The molecule has 2 heterocycles. The number of likely N-dealkylation sites (N-methyl/N-ethyl adjacent to an activating group) is 1. The SMILES string of the molecule is CN1CCCCC1CNc1ccccn1. The van der Waals surface area contributed by atoms with Gasteiger partial charge in [-0.1, -0.05) is 12.5 Å². The van der Waals surface area contributed by atoms with Gasteiger partial charge < -0.3 is 10.2 Å². The standard InChI is InChI=1S/C12H19N3/c1-15-9-5-3-6-11(15)10-14-12-7-2-4-8-13-12/h2,4,7-8,11H,3,5-6,9-10H2,1H3,(H,13,14). The highest BCUT2D eigenvalue weighted by atomic mass is 15.2. The van der Waals surface area contributed by atoms with Crippen LogP contribution in [0.1, 0.15) is 19.3 Å². The van der Waals surface area contributed by atoms with Gasteiger partial charge in [0.1, 0.15) is 5.82 Å². The van der Waals surface area contributed by atoms with Crippen molar-refractivity contribution >= 4 is 5.82 Å². The number of nitrogens with zero attached hydrogens (tertiary/aromatic N) is 2. The molecule has 3 heteroatoms. The number of nitrogens with one attached hydrogen (secondary N) is 1. The van der Waals surface area contributed by atoms with Crippen molar-refractivity contribution in [3.8, 4) is 0 Å². The van der Waals surface area contributed by atoms with Crippen molar-refractivity contribution in [3.63, 3.8) is 0 Å². The van der Waals surface area contributed by atoms with Gasteiger partial charge >= 0.3 is 0 Å². The van der Waals surface area contributed by atoms with Gasteiger partial charge in [-0.15, -0.1) is 0 Å². The first-order valence-electron chi connectivity index (χ1n) is 5.71. The largest absolute Gasteiger partial charge is 0.369 e. The zero-order valence-electron chi connectivity index (χ0n) is 9.32. The van der Waals surface area contributed by atoms with Gasteiger partial charge in [-0.3, -0.25) is 0 Å². The third-order valence-corrected chi connectivity index (χ3v) is 3.11. The zero-order valence-corrected chi connectivity index (χ0v) is 9.32. The molecule has 0 aromatic carbocycles. The average Bonchev–Trinajstić information content (AvgIpc) is 2.29. The molecule has 0 saturated carbocycles. The Morgan fingerprint density at radius 1 is 1.47 bits per heavy atom. The van der Waals surface area contributed by atoms with Crippen molar-refractivity contribution in [2.45, 2.75) is 25.3 Å². The van der Waals surface area contributed by atoms with Crippen LogP contribution in [0.3, 0.4) is 0 Å². The molecule has 3 nitrogen and oxygen atoms in total. The first-order valence-corrected chi connectivity index (χ1v) is 5.71. The van der Waals surface area contributed by atoms with Gasteiger partial charge in [0.05, 0.1) is 0 Å². The van der Waals surface area contributed by atoms with Gasteiger partial charge in [0.2, 0.25) is 0 Å². The fourth-order valence-electron chi connectivity index (χ4n) is 2.09. The van der Waals surface area contributed by atoms with E-state index < -0.39 is 0 Å². The van der Waals surface area contributed by atoms with Gasteiger partial charge in [-0.05, 0) is 38.6 Å². The molecule has 1 N–H and O–H groups in total. The van der Waals surface area contributed by atoms with Crippen LogP contribution in [-0.4, -0.2) is 36.1 Å². The van der Waals surface area contributed by atoms with Crippen LogP contribution >= 0.6 is 0 Å². The van der Waals surface area contributed by atoms with E-state index in [-0.39, 0.29) is 0 Å². The molecule has 82 valence electrons. The lowest BCUT2D eigenvalue weighted by Gasteiger charge is -2.32. The number of hydrogen-bond donors (Lipinski definition) is 1. The van der Waals surface area contributed by atoms with E-state index in [1.54, 1.807) is 0 Å². The number of rotatable bonds is 3. The highest BCUT2D eigenvalue weighted by Gasteiger charge is 2.18. The lowest BCUT2D eigenvalue weighted by molar-refractivity contribution is 0.194. The molecule has 1 atom stereocenters. The van der Waals surface area contributed by atoms with E-state index in [1.165, 1.54) is 25.8 Å². The number of likely N-dealkylation sites (tertiary alicyclic amines) is 1. The van der Waals surface area contributed by atoms with E-state index in [2.05, 4.69) is 22.2 Å². The van der Waals surface area contributed by atoms with Gasteiger partial charge in [-0.25, -0.2) is 4.98 Å². The zero-order chi connectivity index (χ0) is 10.5. The highest BCUT2D eigenvalue weighted by molar-refractivity contribution is 5.33. The predicted molar refractivity (Wildman–Crippen MR) is 63.0 cm³/mol. The van der Waals surface area contributed by atoms with Crippen LogP contribution in [0.15, 0.2) is 24.4 Å². The number of piperidine rings is 1. The van der Waals surface area contributed by atoms with Crippen LogP contribution in [0.25, 0.3) is 0 Å². The summed E-state index contributed by atoms with van der Waals surface area (Å²) < 4.78 is 0. The molecular formula is C12H19N3. The molecule has 1 saturated heterocycles. The summed E-state index contributed by atoms with van der Waals surface area (Å²) in [6, 6.07) is 6.64. The summed E-state index contributed by atoms with van der Waals surface area (Å²) in [7, 11) is 2.21. The molecule has 0 amide bonds. The lowest BCUT2D eigenvalue weighted by Crippen LogP contribution is -2.40. The van der Waals surface area contributed by atoms with Crippen molar-refractivity contribution in [2.24, 2.45) is 0 Å². The first-order chi connectivity index (χ1) is 7.36. The fourth-order valence-corrected chi connectivity index (χ4v) is 2.09. The molecule has 0 radical (unpaired) electrons. The van der Waals surface area contributed by atoms with Crippen molar-refractivity contribution in [1.82, 2.24) is 9.88 Å². The maximum Gasteiger partial charge on any atom is 0.125 e. The second-order valence-corrected chi connectivity index (χ2v) is 4.23. The summed E-state index contributed by atoms with van der Waals surface area (Å²) in [5.41, 5.74) is 0. The Labute approximate surface area is 91.5 Å². The minimum atomic E-state index is 0.667. The third kappa shape index (κ3) is 2.93. The Kier molecular flexibility index (Phi) is 3.56. The molecule has 1 fully saturated rings. The minimum absolute atomic E-state index is 0.667. The summed E-state index contributed by atoms with van der Waals surface area (Å²) >= 11 is 0. The second kappa shape index (κ2) is 5.12. The van der Waals surface area contributed by atoms with Crippen molar-refractivity contribution in [3.05, 3.63) is 24.4 Å². The lowest BCUT2D eigenvalue weighted by atomic mass is 10.0. The fraction of sp³-hybridized carbons (Fsp3) is 0.583. The number of aromatic nitrogens is 1. The highest BCUT2D eigenvalue weighted by Crippen LogP contribution is 2.15. The van der Waals surface area contributed by atoms with Crippen molar-refractivity contribution in [2.75, 3.05) is 25.5 Å². The Hall–Kier alpha value is -1.09. The molecule has 1 aliphatic heterocycles. The van der Waals surface area contributed by atoms with Crippen molar-refractivity contribution in [1.29, 1.82) is 0 Å². The Morgan fingerprint density at radius 2 is 2.40 bits per heavy atom. The topological polar surface area (TPSA) is 28.2 Å². The van der Waals surface area contributed by atoms with Gasteiger partial charge in [-0.2, -0.15) is 0 Å². The molecule has 0 spiro atoms. The summed E-state index contributed by atoms with van der Waals surface area (Å²) in [5.74, 6) is 0.983. The van der Waals surface area contributed by atoms with E-state index >= 15 is 0 Å². The maximum absolute atomic E-state index is 4.26. The summed E-state index contributed by atoms with van der Waals surface area (Å²) in [5, 5.41) is 3.39. The van der Waals surface area contributed by atoms with E-state index in [1.807, 2.05) is 24.4 Å². The average molecular weight is 205 g/mol. The first kappa shape index (κ1) is 10.4. The Balaban J connectivity index is 1.82. The van der Waals surface area contributed by atoms with Gasteiger partial charge in [0, 0.05) is 18.8 Å². The van der Waals surface area contributed by atoms with Crippen LogP contribution in [0.5, 0.6) is 0 Å². The van der Waals surface area contributed by atoms with E-state index in [0.717, 1.165) is 12.4 Å². The molecule has 1 aromatic rings. The molecule has 15 heavy (non-hydrogen) atoms. The van der Waals surface area contributed by atoms with Gasteiger partial charge in [0.25, 0.3) is 0 Å². The maximum atomic E-state index is 4.26. The predicted octanol–water partition coefficient (Wildman–Crippen LogP) is 1.98. The molecule has 1 aromatic heterocycles. The summed E-state index contributed by atoms with van der Waals surface area (Å²) in [6.07, 6.45) is 5.83. The third-order valence-electron chi connectivity index (χ3n) is 3.11. The second-order valence-electron chi connectivity index (χ2n) is 4.23. The number of pyridine rings is 1. The smallest absolute Gasteiger partial charge is 0.125 e. The van der Waals surface area contributed by atoms with Gasteiger partial charge in [0.15, 0.2) is 0 Å². The van der Waals surface area contributed by atoms with Crippen LogP contribution in [0.4, 0.5) is 5.82 Å². The normalized spacial score (nSPS) is 22.6. The van der Waals surface area contributed by atoms with Crippen LogP contribution < -0.4 is 5.32 Å². The molecule has 1 aliphatic rings. The molecule has 2 rings (SSSR count). The van der Waals surface area contributed by atoms with E-state index in [4.69, 9.17) is 0 Å². The Morgan fingerprint density at radius 3 is 3.13 bits per heavy atom. The molecule has 0 aliphatic carbocycles. The van der Waals surface area contributed by atoms with Crippen LogP contribution in [0.2, 0.25) is 0 Å². The molecule has 1 unspecified atom stereocenters. The Bertz CT molecular complexity index is 286. The summed E-state index contributed by atoms with van der Waals surface area (Å²) in [6.45, 7) is 2.24. The minimum Gasteiger partial charge on any atom is -0.369 e. The quantitative estimate of drug-likeness (QED) is 0.818. The van der Waals surface area contributed by atoms with Crippen molar-refractivity contribution < 1.29 is 0 Å². The van der Waals surface area contributed by atoms with Crippen LogP contribution in [0, 0.1) is 0 Å². The molecule has 0 bridgehead atoms.